The van der Waals surface area contributed by atoms with Gasteiger partial charge in [-0.3, -0.25) is 9.36 Å². The van der Waals surface area contributed by atoms with Gasteiger partial charge in [0.05, 0.1) is 36.7 Å². The third-order valence-electron chi connectivity index (χ3n) is 4.57. The van der Waals surface area contributed by atoms with Crippen LogP contribution in [0.3, 0.4) is 0 Å². The van der Waals surface area contributed by atoms with Crippen molar-refractivity contribution in [3.05, 3.63) is 72.8 Å². The third-order valence-corrected chi connectivity index (χ3v) is 5.51. The van der Waals surface area contributed by atoms with Crippen molar-refractivity contribution in [3.63, 3.8) is 0 Å². The Morgan fingerprint density at radius 3 is 2.47 bits per heavy atom. The van der Waals surface area contributed by atoms with Crippen molar-refractivity contribution in [1.29, 1.82) is 0 Å². The molecule has 30 heavy (non-hydrogen) atoms. The molecule has 0 aliphatic rings. The molecule has 7 heteroatoms. The number of hydrogen-bond acceptors (Lipinski definition) is 5. The quantitative estimate of drug-likeness (QED) is 0.437. The molecule has 0 aliphatic carbocycles. The summed E-state index contributed by atoms with van der Waals surface area (Å²) in [6.45, 7) is 0. The van der Waals surface area contributed by atoms with Crippen molar-refractivity contribution in [3.8, 4) is 17.2 Å². The normalized spacial score (nSPS) is 10.7. The molecule has 1 N–H and O–H groups in total. The molecule has 4 aromatic rings. The van der Waals surface area contributed by atoms with Crippen molar-refractivity contribution in [2.45, 2.75) is 5.16 Å². The lowest BCUT2D eigenvalue weighted by molar-refractivity contribution is -0.113. The van der Waals surface area contributed by atoms with Gasteiger partial charge >= 0.3 is 0 Å². The summed E-state index contributed by atoms with van der Waals surface area (Å²) in [7, 11) is 3.22. The second-order valence-corrected chi connectivity index (χ2v) is 7.40. The maximum absolute atomic E-state index is 12.6. The van der Waals surface area contributed by atoms with Gasteiger partial charge < -0.3 is 14.8 Å². The summed E-state index contributed by atoms with van der Waals surface area (Å²) >= 11 is 1.39. The molecule has 0 fully saturated rings. The lowest BCUT2D eigenvalue weighted by Crippen LogP contribution is -2.15. The highest BCUT2D eigenvalue weighted by Gasteiger charge is 2.15. The van der Waals surface area contributed by atoms with Gasteiger partial charge in [0.15, 0.2) is 5.16 Å². The molecule has 0 saturated heterocycles. The summed E-state index contributed by atoms with van der Waals surface area (Å²) < 4.78 is 12.6. The second-order valence-electron chi connectivity index (χ2n) is 6.45. The van der Waals surface area contributed by atoms with E-state index in [2.05, 4.69) is 9.88 Å². The van der Waals surface area contributed by atoms with Crippen LogP contribution in [0.25, 0.3) is 16.7 Å². The van der Waals surface area contributed by atoms with Crippen LogP contribution in [-0.2, 0) is 4.79 Å². The van der Waals surface area contributed by atoms with Crippen LogP contribution in [0.2, 0.25) is 0 Å². The lowest BCUT2D eigenvalue weighted by Gasteiger charge is -2.11. The highest BCUT2D eigenvalue weighted by molar-refractivity contribution is 7.99. The maximum atomic E-state index is 12.6. The Kier molecular flexibility index (Phi) is 5.90. The molecule has 6 nitrogen and oxygen atoms in total. The predicted octanol–water partition coefficient (Wildman–Crippen LogP) is 4.77. The first-order valence-corrected chi connectivity index (χ1v) is 10.4. The van der Waals surface area contributed by atoms with E-state index in [9.17, 15) is 4.79 Å². The van der Waals surface area contributed by atoms with Crippen molar-refractivity contribution in [2.75, 3.05) is 25.3 Å². The topological polar surface area (TPSA) is 65.4 Å². The van der Waals surface area contributed by atoms with Gasteiger partial charge in [0.1, 0.15) is 11.5 Å². The molecule has 1 heterocycles. The van der Waals surface area contributed by atoms with E-state index in [1.807, 2.05) is 72.8 Å². The number of ether oxygens (including phenoxy) is 2. The fourth-order valence-corrected chi connectivity index (χ4v) is 3.97. The number of nitrogens with one attached hydrogen (secondary N) is 1. The molecule has 0 atom stereocenters. The summed E-state index contributed by atoms with van der Waals surface area (Å²) in [5.41, 5.74) is 3.46. The molecule has 3 aromatic carbocycles. The van der Waals surface area contributed by atoms with Crippen molar-refractivity contribution in [2.24, 2.45) is 0 Å². The van der Waals surface area contributed by atoms with E-state index in [4.69, 9.17) is 14.5 Å². The van der Waals surface area contributed by atoms with E-state index >= 15 is 0 Å². The van der Waals surface area contributed by atoms with Crippen molar-refractivity contribution in [1.82, 2.24) is 9.55 Å². The van der Waals surface area contributed by atoms with E-state index in [1.165, 1.54) is 11.8 Å². The number of nitrogens with zero attached hydrogens (tertiary/aromatic N) is 2. The molecular formula is C23H21N3O3S. The van der Waals surface area contributed by atoms with Crippen LogP contribution in [-0.4, -0.2) is 35.4 Å². The lowest BCUT2D eigenvalue weighted by atomic mass is 10.2. The molecule has 0 saturated carbocycles. The zero-order valence-corrected chi connectivity index (χ0v) is 17.5. The fraction of sp³-hybridized carbons (Fsp3) is 0.130. The number of carbonyl (C=O) groups is 1. The Balaban J connectivity index is 1.58. The smallest absolute Gasteiger partial charge is 0.234 e. The zero-order chi connectivity index (χ0) is 20.9. The predicted molar refractivity (Wildman–Crippen MR) is 120 cm³/mol. The number of fused-ring (bicyclic) bond motifs is 1. The number of aromatic nitrogens is 2. The number of hydrogen-bond donors (Lipinski definition) is 1. The van der Waals surface area contributed by atoms with Gasteiger partial charge in [-0.25, -0.2) is 4.98 Å². The van der Waals surface area contributed by atoms with Gasteiger partial charge in [-0.1, -0.05) is 36.0 Å². The zero-order valence-electron chi connectivity index (χ0n) is 16.7. The highest BCUT2D eigenvalue weighted by Crippen LogP contribution is 2.29. The van der Waals surface area contributed by atoms with Gasteiger partial charge in [-0.05, 0) is 48.5 Å². The Bertz CT molecular complexity index is 1170. The van der Waals surface area contributed by atoms with Gasteiger partial charge in [0.2, 0.25) is 5.91 Å². The van der Waals surface area contributed by atoms with E-state index in [-0.39, 0.29) is 11.7 Å². The first-order valence-electron chi connectivity index (χ1n) is 9.37. The van der Waals surface area contributed by atoms with Crippen molar-refractivity contribution < 1.29 is 14.3 Å². The number of thioether (sulfide) groups is 1. The standard InChI is InChI=1S/C23H21N3O3S/c1-28-17-13-11-16(12-14-17)26-20-9-5-3-7-18(20)25-23(26)30-15-22(27)24-19-8-4-6-10-21(19)29-2/h3-14H,15H2,1-2H3,(H,24,27). The van der Waals surface area contributed by atoms with E-state index in [0.717, 1.165) is 27.6 Å². The minimum atomic E-state index is -0.127. The van der Waals surface area contributed by atoms with E-state index in [0.29, 0.717) is 11.4 Å². The summed E-state index contributed by atoms with van der Waals surface area (Å²) in [5.74, 6) is 1.50. The summed E-state index contributed by atoms with van der Waals surface area (Å²) in [6, 6.07) is 23.0. The van der Waals surface area contributed by atoms with E-state index < -0.39 is 0 Å². The molecule has 0 aliphatic heterocycles. The summed E-state index contributed by atoms with van der Waals surface area (Å²) in [6.07, 6.45) is 0. The minimum Gasteiger partial charge on any atom is -0.497 e. The number of imidazole rings is 1. The largest absolute Gasteiger partial charge is 0.497 e. The molecular weight excluding hydrogens is 398 g/mol. The first-order chi connectivity index (χ1) is 14.7. The fourth-order valence-electron chi connectivity index (χ4n) is 3.15. The average molecular weight is 420 g/mol. The number of para-hydroxylation sites is 4. The van der Waals surface area contributed by atoms with Crippen LogP contribution < -0.4 is 14.8 Å². The molecule has 0 unspecified atom stereocenters. The van der Waals surface area contributed by atoms with Gasteiger partial charge in [-0.2, -0.15) is 0 Å². The Labute approximate surface area is 178 Å². The molecule has 1 aromatic heterocycles. The average Bonchev–Trinajstić information content (AvgIpc) is 3.16. The second kappa shape index (κ2) is 8.92. The number of anilines is 1. The van der Waals surface area contributed by atoms with Gasteiger partial charge in [0.25, 0.3) is 0 Å². The highest BCUT2D eigenvalue weighted by atomic mass is 32.2. The molecule has 4 rings (SSSR count). The first kappa shape index (κ1) is 19.8. The van der Waals surface area contributed by atoms with Crippen LogP contribution in [0.15, 0.2) is 78.0 Å². The SMILES string of the molecule is COc1ccc(-n2c(SCC(=O)Nc3ccccc3OC)nc3ccccc32)cc1. The number of carbonyl (C=O) groups excluding carboxylic acids is 1. The third kappa shape index (κ3) is 4.11. The van der Waals surface area contributed by atoms with Crippen LogP contribution in [0.1, 0.15) is 0 Å². The molecule has 152 valence electrons. The van der Waals surface area contributed by atoms with Gasteiger partial charge in [-0.15, -0.1) is 0 Å². The monoisotopic (exact) mass is 419 g/mol. The summed E-state index contributed by atoms with van der Waals surface area (Å²) in [5, 5.41) is 3.65. The maximum Gasteiger partial charge on any atom is 0.234 e. The molecule has 1 amide bonds. The van der Waals surface area contributed by atoms with E-state index in [1.54, 1.807) is 14.2 Å². The number of rotatable bonds is 7. The number of methoxy groups -OCH3 is 2. The van der Waals surface area contributed by atoms with Crippen molar-refractivity contribution >= 4 is 34.4 Å². The summed E-state index contributed by atoms with van der Waals surface area (Å²) in [4.78, 5) is 17.3. The molecule has 0 spiro atoms. The Hall–Kier alpha value is -3.45. The molecule has 0 radical (unpaired) electrons. The Morgan fingerprint density at radius 1 is 0.967 bits per heavy atom. The Morgan fingerprint density at radius 2 is 1.70 bits per heavy atom. The minimum absolute atomic E-state index is 0.127. The molecule has 0 bridgehead atoms. The van der Waals surface area contributed by atoms with Crippen LogP contribution in [0.5, 0.6) is 11.5 Å². The number of benzene rings is 3. The van der Waals surface area contributed by atoms with Crippen LogP contribution in [0, 0.1) is 0 Å². The van der Waals surface area contributed by atoms with Crippen LogP contribution in [0.4, 0.5) is 5.69 Å². The number of amides is 1. The van der Waals surface area contributed by atoms with Crippen LogP contribution >= 0.6 is 11.8 Å². The van der Waals surface area contributed by atoms with Gasteiger partial charge in [0, 0.05) is 5.69 Å².